The van der Waals surface area contributed by atoms with Crippen LogP contribution in [0.25, 0.3) is 0 Å². The molecule has 0 radical (unpaired) electrons. The number of rotatable bonds is 4. The van der Waals surface area contributed by atoms with E-state index in [9.17, 15) is 0 Å². The first-order valence-corrected chi connectivity index (χ1v) is 6.77. The summed E-state index contributed by atoms with van der Waals surface area (Å²) < 4.78 is 5.84. The molecule has 4 heteroatoms. The second kappa shape index (κ2) is 5.97. The third kappa shape index (κ3) is 3.11. The van der Waals surface area contributed by atoms with Crippen molar-refractivity contribution in [3.63, 3.8) is 0 Å². The summed E-state index contributed by atoms with van der Waals surface area (Å²) in [7, 11) is 0. The van der Waals surface area contributed by atoms with Crippen LogP contribution < -0.4 is 10.5 Å². The zero-order chi connectivity index (χ0) is 14.7. The van der Waals surface area contributed by atoms with Crippen molar-refractivity contribution >= 4 is 17.4 Å². The maximum atomic E-state index is 7.61. The molecule has 3 nitrogen and oxygen atoms in total. The second-order valence-electron chi connectivity index (χ2n) is 4.86. The van der Waals surface area contributed by atoms with Gasteiger partial charge in [-0.15, -0.1) is 0 Å². The van der Waals surface area contributed by atoms with Crippen LogP contribution in [0.3, 0.4) is 0 Å². The van der Waals surface area contributed by atoms with Crippen molar-refractivity contribution in [2.75, 3.05) is 0 Å². The van der Waals surface area contributed by atoms with E-state index in [1.54, 1.807) is 18.2 Å². The quantitative estimate of drug-likeness (QED) is 0.641. The van der Waals surface area contributed by atoms with Crippen LogP contribution in [-0.4, -0.2) is 5.84 Å². The van der Waals surface area contributed by atoms with Gasteiger partial charge in [-0.05, 0) is 35.7 Å². The van der Waals surface area contributed by atoms with Crippen LogP contribution in [0, 0.1) is 5.41 Å². The van der Waals surface area contributed by atoms with E-state index in [4.69, 9.17) is 27.5 Å². The molecule has 0 saturated carbocycles. The number of amidine groups is 1. The van der Waals surface area contributed by atoms with Gasteiger partial charge in [-0.3, -0.25) is 5.41 Å². The molecular weight excluding hydrogens is 272 g/mol. The van der Waals surface area contributed by atoms with Crippen molar-refractivity contribution < 1.29 is 4.74 Å². The molecule has 104 valence electrons. The Hall–Kier alpha value is -2.00. The number of hydrogen-bond donors (Lipinski definition) is 2. The summed E-state index contributed by atoms with van der Waals surface area (Å²) in [6.45, 7) is 4.25. The highest BCUT2D eigenvalue weighted by Gasteiger charge is 2.12. The van der Waals surface area contributed by atoms with Crippen LogP contribution in [0.1, 0.15) is 30.9 Å². The first-order chi connectivity index (χ1) is 9.49. The summed E-state index contributed by atoms with van der Waals surface area (Å²) in [6, 6.07) is 13.1. The fourth-order valence-electron chi connectivity index (χ4n) is 1.91. The molecule has 0 aliphatic rings. The van der Waals surface area contributed by atoms with E-state index in [1.807, 2.05) is 18.2 Å². The monoisotopic (exact) mass is 288 g/mol. The fourth-order valence-corrected chi connectivity index (χ4v) is 2.18. The Morgan fingerprint density at radius 2 is 1.90 bits per heavy atom. The van der Waals surface area contributed by atoms with Crippen LogP contribution in [0.5, 0.6) is 11.5 Å². The molecule has 0 bridgehead atoms. The summed E-state index contributed by atoms with van der Waals surface area (Å²) in [5, 5.41) is 8.02. The lowest BCUT2D eigenvalue weighted by molar-refractivity contribution is 0.480. The molecule has 0 unspecified atom stereocenters. The van der Waals surface area contributed by atoms with Gasteiger partial charge in [-0.25, -0.2) is 0 Å². The van der Waals surface area contributed by atoms with Gasteiger partial charge in [0.25, 0.3) is 0 Å². The smallest absolute Gasteiger partial charge is 0.139 e. The van der Waals surface area contributed by atoms with Crippen LogP contribution in [-0.2, 0) is 0 Å². The lowest BCUT2D eigenvalue weighted by Crippen LogP contribution is -2.13. The zero-order valence-electron chi connectivity index (χ0n) is 11.5. The summed E-state index contributed by atoms with van der Waals surface area (Å²) in [5.74, 6) is 1.52. The Balaban J connectivity index is 2.38. The molecule has 2 aromatic carbocycles. The standard InChI is InChI=1S/C16H17ClN2O/c1-10(2)11-5-3-6-12(9-11)20-14-8-4-7-13(17)15(14)16(18)19/h3-10H,1-2H3,(H3,18,19). The third-order valence-corrected chi connectivity index (χ3v) is 3.31. The summed E-state index contributed by atoms with van der Waals surface area (Å²) in [4.78, 5) is 0. The predicted molar refractivity (Wildman–Crippen MR) is 83.1 cm³/mol. The Morgan fingerprint density at radius 3 is 2.55 bits per heavy atom. The highest BCUT2D eigenvalue weighted by Crippen LogP contribution is 2.31. The predicted octanol–water partition coefficient (Wildman–Crippen LogP) is 4.54. The Morgan fingerprint density at radius 1 is 1.20 bits per heavy atom. The molecule has 0 aliphatic carbocycles. The van der Waals surface area contributed by atoms with Gasteiger partial charge in [0.05, 0.1) is 10.6 Å². The number of nitrogens with two attached hydrogens (primary N) is 1. The topological polar surface area (TPSA) is 59.1 Å². The van der Waals surface area contributed by atoms with Gasteiger partial charge < -0.3 is 10.5 Å². The van der Waals surface area contributed by atoms with Gasteiger partial charge in [-0.1, -0.05) is 43.6 Å². The Labute approximate surface area is 123 Å². The molecule has 0 spiro atoms. The summed E-state index contributed by atoms with van der Waals surface area (Å²) in [5.41, 5.74) is 7.18. The number of halogens is 1. The molecule has 0 atom stereocenters. The van der Waals surface area contributed by atoms with Crippen molar-refractivity contribution in [1.82, 2.24) is 0 Å². The van der Waals surface area contributed by atoms with Crippen molar-refractivity contribution in [3.05, 3.63) is 58.6 Å². The summed E-state index contributed by atoms with van der Waals surface area (Å²) in [6.07, 6.45) is 0. The average Bonchev–Trinajstić information content (AvgIpc) is 2.38. The van der Waals surface area contributed by atoms with Crippen LogP contribution in [0.15, 0.2) is 42.5 Å². The highest BCUT2D eigenvalue weighted by atomic mass is 35.5. The molecule has 0 saturated heterocycles. The number of ether oxygens (including phenoxy) is 1. The Kier molecular flexibility index (Phi) is 4.30. The molecule has 2 rings (SSSR count). The van der Waals surface area contributed by atoms with Crippen molar-refractivity contribution in [2.45, 2.75) is 19.8 Å². The van der Waals surface area contributed by atoms with E-state index < -0.39 is 0 Å². The number of nitrogen functional groups attached to an aromatic ring is 1. The second-order valence-corrected chi connectivity index (χ2v) is 5.26. The maximum Gasteiger partial charge on any atom is 0.139 e. The van der Waals surface area contributed by atoms with Crippen LogP contribution in [0.2, 0.25) is 5.02 Å². The minimum atomic E-state index is -0.106. The summed E-state index contributed by atoms with van der Waals surface area (Å²) >= 11 is 6.07. The molecule has 0 fully saturated rings. The molecule has 2 aromatic rings. The fraction of sp³-hybridized carbons (Fsp3) is 0.188. The lowest BCUT2D eigenvalue weighted by Gasteiger charge is -2.13. The molecule has 20 heavy (non-hydrogen) atoms. The Bertz CT molecular complexity index is 638. The van der Waals surface area contributed by atoms with Crippen LogP contribution in [0.4, 0.5) is 0 Å². The van der Waals surface area contributed by atoms with Gasteiger partial charge in [0.15, 0.2) is 0 Å². The first kappa shape index (κ1) is 14.4. The minimum absolute atomic E-state index is 0.106. The van der Waals surface area contributed by atoms with E-state index in [-0.39, 0.29) is 5.84 Å². The zero-order valence-corrected chi connectivity index (χ0v) is 12.2. The van der Waals surface area contributed by atoms with Gasteiger partial charge in [0.2, 0.25) is 0 Å². The van der Waals surface area contributed by atoms with Crippen LogP contribution >= 0.6 is 11.6 Å². The molecular formula is C16H17ClN2O. The van der Waals surface area contributed by atoms with Crippen molar-refractivity contribution in [3.8, 4) is 11.5 Å². The number of nitrogens with one attached hydrogen (secondary N) is 1. The van der Waals surface area contributed by atoms with Gasteiger partial charge >= 0.3 is 0 Å². The molecule has 0 aliphatic heterocycles. The third-order valence-electron chi connectivity index (χ3n) is 3.00. The van der Waals surface area contributed by atoms with Gasteiger partial charge in [-0.2, -0.15) is 0 Å². The number of hydrogen-bond acceptors (Lipinski definition) is 2. The van der Waals surface area contributed by atoms with Crippen molar-refractivity contribution in [2.24, 2.45) is 5.73 Å². The SMILES string of the molecule is CC(C)c1cccc(Oc2cccc(Cl)c2C(=N)N)c1. The van der Waals surface area contributed by atoms with Gasteiger partial charge in [0.1, 0.15) is 17.3 Å². The average molecular weight is 289 g/mol. The molecule has 0 amide bonds. The normalized spacial score (nSPS) is 10.6. The van der Waals surface area contributed by atoms with Crippen molar-refractivity contribution in [1.29, 1.82) is 5.41 Å². The first-order valence-electron chi connectivity index (χ1n) is 6.39. The molecule has 3 N–H and O–H groups in total. The van der Waals surface area contributed by atoms with E-state index in [0.29, 0.717) is 28.0 Å². The van der Waals surface area contributed by atoms with E-state index in [0.717, 1.165) is 0 Å². The maximum absolute atomic E-state index is 7.61. The van der Waals surface area contributed by atoms with E-state index in [2.05, 4.69) is 19.9 Å². The van der Waals surface area contributed by atoms with Gasteiger partial charge in [0, 0.05) is 0 Å². The van der Waals surface area contributed by atoms with E-state index >= 15 is 0 Å². The molecule has 0 aromatic heterocycles. The number of benzene rings is 2. The molecule has 0 heterocycles. The lowest BCUT2D eigenvalue weighted by atomic mass is 10.0. The highest BCUT2D eigenvalue weighted by molar-refractivity contribution is 6.34. The largest absolute Gasteiger partial charge is 0.457 e. The minimum Gasteiger partial charge on any atom is -0.457 e. The van der Waals surface area contributed by atoms with E-state index in [1.165, 1.54) is 5.56 Å².